The van der Waals surface area contributed by atoms with Crippen LogP contribution in [-0.4, -0.2) is 13.5 Å². The molecule has 0 saturated carbocycles. The summed E-state index contributed by atoms with van der Waals surface area (Å²) in [6, 6.07) is 5.14. The van der Waals surface area contributed by atoms with Gasteiger partial charge in [0.05, 0.1) is 11.6 Å². The van der Waals surface area contributed by atoms with Crippen molar-refractivity contribution < 1.29 is 13.5 Å². The lowest BCUT2D eigenvalue weighted by Gasteiger charge is -2.00. The Morgan fingerprint density at radius 3 is 2.46 bits per heavy atom. The van der Waals surface area contributed by atoms with Crippen molar-refractivity contribution in [3.05, 3.63) is 23.8 Å². The Hall–Kier alpha value is -1.58. The zero-order valence-electron chi connectivity index (χ0n) is 6.43. The highest BCUT2D eigenvalue weighted by Crippen LogP contribution is 2.21. The van der Waals surface area contributed by atoms with E-state index in [1.54, 1.807) is 6.07 Å². The van der Waals surface area contributed by atoms with Gasteiger partial charge in [-0.15, -0.1) is 0 Å². The van der Waals surface area contributed by atoms with E-state index >= 15 is 0 Å². The van der Waals surface area contributed by atoms with Crippen LogP contribution in [-0.2, 0) is 10.0 Å². The highest BCUT2D eigenvalue weighted by molar-refractivity contribution is 7.89. The molecule has 0 amide bonds. The molecule has 13 heavy (non-hydrogen) atoms. The van der Waals surface area contributed by atoms with Gasteiger partial charge in [-0.1, -0.05) is 0 Å². The van der Waals surface area contributed by atoms with Gasteiger partial charge in [-0.05, 0) is 18.2 Å². The molecular formula is C7H6N2O3S. The van der Waals surface area contributed by atoms with Gasteiger partial charge in [0.15, 0.2) is 0 Å². The number of benzene rings is 1. The number of primary sulfonamides is 1. The van der Waals surface area contributed by atoms with Gasteiger partial charge in [-0.3, -0.25) is 0 Å². The number of aromatic hydroxyl groups is 1. The number of phenolic OH excluding ortho intramolecular Hbond substituents is 1. The summed E-state index contributed by atoms with van der Waals surface area (Å²) in [4.78, 5) is -0.383. The highest BCUT2D eigenvalue weighted by atomic mass is 32.2. The van der Waals surface area contributed by atoms with Crippen molar-refractivity contribution in [3.63, 3.8) is 0 Å². The second-order valence-corrected chi connectivity index (χ2v) is 3.87. The van der Waals surface area contributed by atoms with Crippen LogP contribution in [0.15, 0.2) is 23.1 Å². The molecule has 1 aromatic rings. The van der Waals surface area contributed by atoms with E-state index in [0.29, 0.717) is 0 Å². The summed E-state index contributed by atoms with van der Waals surface area (Å²) >= 11 is 0. The van der Waals surface area contributed by atoms with E-state index in [9.17, 15) is 8.42 Å². The fourth-order valence-electron chi connectivity index (χ4n) is 0.828. The summed E-state index contributed by atoms with van der Waals surface area (Å²) in [6.45, 7) is 0. The number of nitriles is 1. The van der Waals surface area contributed by atoms with E-state index in [1.807, 2.05) is 0 Å². The molecule has 0 atom stereocenters. The zero-order valence-corrected chi connectivity index (χ0v) is 7.25. The highest BCUT2D eigenvalue weighted by Gasteiger charge is 2.13. The molecule has 68 valence electrons. The lowest BCUT2D eigenvalue weighted by Crippen LogP contribution is -2.12. The number of hydrogen-bond acceptors (Lipinski definition) is 4. The van der Waals surface area contributed by atoms with Crippen LogP contribution in [0.5, 0.6) is 5.75 Å². The summed E-state index contributed by atoms with van der Waals surface area (Å²) in [6.07, 6.45) is 0. The van der Waals surface area contributed by atoms with Crippen molar-refractivity contribution in [2.45, 2.75) is 4.90 Å². The summed E-state index contributed by atoms with van der Waals surface area (Å²) in [5.74, 6) is -0.512. The predicted molar refractivity (Wildman–Crippen MR) is 44.2 cm³/mol. The van der Waals surface area contributed by atoms with Crippen LogP contribution in [0.2, 0.25) is 0 Å². The lowest BCUT2D eigenvalue weighted by atomic mass is 10.2. The standard InChI is InChI=1S/C7H6N2O3S/c8-4-5-1-2-7(6(10)3-5)13(9,11)12/h1-3,10H,(H2,9,11,12). The van der Waals surface area contributed by atoms with Gasteiger partial charge in [-0.2, -0.15) is 5.26 Å². The van der Waals surface area contributed by atoms with Gasteiger partial charge in [0.25, 0.3) is 0 Å². The molecule has 0 aliphatic heterocycles. The van der Waals surface area contributed by atoms with E-state index in [2.05, 4.69) is 0 Å². The molecule has 3 N–H and O–H groups in total. The smallest absolute Gasteiger partial charge is 0.241 e. The first-order valence-corrected chi connectivity index (χ1v) is 4.75. The SMILES string of the molecule is N#Cc1ccc(S(N)(=O)=O)c(O)c1. The van der Waals surface area contributed by atoms with Crippen LogP contribution in [0.4, 0.5) is 0 Å². The van der Waals surface area contributed by atoms with Gasteiger partial charge in [0.2, 0.25) is 10.0 Å². The van der Waals surface area contributed by atoms with Crippen molar-refractivity contribution in [1.29, 1.82) is 5.26 Å². The van der Waals surface area contributed by atoms with Gasteiger partial charge in [-0.25, -0.2) is 13.6 Å². The average Bonchev–Trinajstić information content (AvgIpc) is 2.01. The number of hydrogen-bond donors (Lipinski definition) is 2. The molecule has 1 aromatic carbocycles. The molecule has 5 nitrogen and oxygen atoms in total. The van der Waals surface area contributed by atoms with E-state index in [0.717, 1.165) is 12.1 Å². The number of rotatable bonds is 1. The van der Waals surface area contributed by atoms with E-state index in [-0.39, 0.29) is 10.5 Å². The lowest BCUT2D eigenvalue weighted by molar-refractivity contribution is 0.458. The monoisotopic (exact) mass is 198 g/mol. The van der Waals surface area contributed by atoms with Crippen molar-refractivity contribution in [2.75, 3.05) is 0 Å². The molecule has 1 rings (SSSR count). The zero-order chi connectivity index (χ0) is 10.1. The summed E-state index contributed by atoms with van der Waals surface area (Å²) in [7, 11) is -3.92. The number of nitrogens with two attached hydrogens (primary N) is 1. The molecule has 0 aliphatic rings. The fourth-order valence-corrected chi connectivity index (χ4v) is 1.44. The van der Waals surface area contributed by atoms with E-state index < -0.39 is 15.8 Å². The predicted octanol–water partition coefficient (Wildman–Crippen LogP) is -0.0887. The van der Waals surface area contributed by atoms with Crippen LogP contribution in [0.25, 0.3) is 0 Å². The minimum atomic E-state index is -3.92. The third kappa shape index (κ3) is 1.96. The van der Waals surface area contributed by atoms with Crippen LogP contribution < -0.4 is 5.14 Å². The molecule has 0 aromatic heterocycles. The number of phenols is 1. The molecule has 6 heteroatoms. The summed E-state index contributed by atoms with van der Waals surface area (Å²) < 4.78 is 21.6. The average molecular weight is 198 g/mol. The van der Waals surface area contributed by atoms with Crippen LogP contribution in [0.1, 0.15) is 5.56 Å². The van der Waals surface area contributed by atoms with Crippen molar-refractivity contribution >= 4 is 10.0 Å². The number of sulfonamides is 1. The van der Waals surface area contributed by atoms with Gasteiger partial charge in [0, 0.05) is 0 Å². The Labute approximate surface area is 75.1 Å². The summed E-state index contributed by atoms with van der Waals surface area (Å²) in [5.41, 5.74) is 0.171. The van der Waals surface area contributed by atoms with Crippen LogP contribution in [0, 0.1) is 11.3 Å². The summed E-state index contributed by atoms with van der Waals surface area (Å²) in [5, 5.41) is 22.3. The largest absolute Gasteiger partial charge is 0.506 e. The minimum absolute atomic E-state index is 0.171. The van der Waals surface area contributed by atoms with Gasteiger partial charge in [0.1, 0.15) is 10.6 Å². The Bertz CT molecular complexity index is 473. The van der Waals surface area contributed by atoms with E-state index in [4.69, 9.17) is 15.5 Å². The topological polar surface area (TPSA) is 104 Å². The Kier molecular flexibility index (Phi) is 2.23. The Morgan fingerprint density at radius 1 is 1.46 bits per heavy atom. The second kappa shape index (κ2) is 3.05. The molecule has 0 fully saturated rings. The molecule has 0 bridgehead atoms. The molecule has 0 radical (unpaired) electrons. The second-order valence-electron chi connectivity index (χ2n) is 2.34. The van der Waals surface area contributed by atoms with Crippen molar-refractivity contribution in [2.24, 2.45) is 5.14 Å². The third-order valence-electron chi connectivity index (χ3n) is 1.39. The van der Waals surface area contributed by atoms with Crippen molar-refractivity contribution in [3.8, 4) is 11.8 Å². The molecule has 0 unspecified atom stereocenters. The maximum Gasteiger partial charge on any atom is 0.241 e. The molecule has 0 spiro atoms. The minimum Gasteiger partial charge on any atom is -0.506 e. The van der Waals surface area contributed by atoms with Gasteiger partial charge >= 0.3 is 0 Å². The number of nitrogens with zero attached hydrogens (tertiary/aromatic N) is 1. The van der Waals surface area contributed by atoms with Crippen molar-refractivity contribution in [1.82, 2.24) is 0 Å². The Morgan fingerprint density at radius 2 is 2.08 bits per heavy atom. The maximum absolute atomic E-state index is 10.8. The normalized spacial score (nSPS) is 10.8. The van der Waals surface area contributed by atoms with Crippen LogP contribution >= 0.6 is 0 Å². The molecule has 0 aliphatic carbocycles. The Balaban J connectivity index is 3.40. The van der Waals surface area contributed by atoms with Gasteiger partial charge < -0.3 is 5.11 Å². The molecule has 0 heterocycles. The quantitative estimate of drug-likeness (QED) is 0.657. The third-order valence-corrected chi connectivity index (χ3v) is 2.35. The maximum atomic E-state index is 10.8. The fraction of sp³-hybridized carbons (Fsp3) is 0. The van der Waals surface area contributed by atoms with Crippen LogP contribution in [0.3, 0.4) is 0 Å². The first-order chi connectivity index (χ1) is 5.95. The van der Waals surface area contributed by atoms with E-state index in [1.165, 1.54) is 6.07 Å². The molecular weight excluding hydrogens is 192 g/mol. The first-order valence-electron chi connectivity index (χ1n) is 3.21. The molecule has 0 saturated heterocycles. The first kappa shape index (κ1) is 9.51.